The van der Waals surface area contributed by atoms with Gasteiger partial charge in [-0.05, 0) is 48.7 Å². The maximum Gasteiger partial charge on any atom is 0.146 e. The maximum absolute atomic E-state index is 6.33. The van der Waals surface area contributed by atoms with Gasteiger partial charge in [0.25, 0.3) is 0 Å². The van der Waals surface area contributed by atoms with Crippen LogP contribution in [0.2, 0.25) is 5.02 Å². The van der Waals surface area contributed by atoms with E-state index in [4.69, 9.17) is 16.3 Å². The van der Waals surface area contributed by atoms with Gasteiger partial charge < -0.3 is 10.1 Å². The second-order valence-electron chi connectivity index (χ2n) is 5.60. The van der Waals surface area contributed by atoms with Crippen molar-refractivity contribution in [3.05, 3.63) is 58.1 Å². The lowest BCUT2D eigenvalue weighted by atomic mass is 10.1. The van der Waals surface area contributed by atoms with Gasteiger partial charge in [0.15, 0.2) is 0 Å². The predicted molar refractivity (Wildman–Crippen MR) is 89.4 cm³/mol. The molecule has 2 nitrogen and oxygen atoms in total. The molecule has 2 rings (SSSR count). The minimum absolute atomic E-state index is 0.453. The molecule has 0 aliphatic rings. The van der Waals surface area contributed by atoms with Crippen molar-refractivity contribution >= 4 is 11.6 Å². The molecule has 2 aromatic rings. The van der Waals surface area contributed by atoms with Crippen molar-refractivity contribution in [3.63, 3.8) is 0 Å². The fourth-order valence-electron chi connectivity index (χ4n) is 2.01. The Morgan fingerprint density at radius 2 is 1.86 bits per heavy atom. The van der Waals surface area contributed by atoms with Crippen LogP contribution in [0.4, 0.5) is 0 Å². The van der Waals surface area contributed by atoms with Crippen LogP contribution in [0.15, 0.2) is 36.4 Å². The van der Waals surface area contributed by atoms with Crippen LogP contribution in [-0.2, 0) is 6.54 Å². The number of benzene rings is 2. The van der Waals surface area contributed by atoms with Gasteiger partial charge in [-0.15, -0.1) is 0 Å². The minimum atomic E-state index is 0.453. The van der Waals surface area contributed by atoms with E-state index in [9.17, 15) is 0 Å². The summed E-state index contributed by atoms with van der Waals surface area (Å²) in [6.45, 7) is 9.18. The van der Waals surface area contributed by atoms with Crippen molar-refractivity contribution in [2.24, 2.45) is 0 Å². The first-order valence-corrected chi connectivity index (χ1v) is 7.61. The lowest BCUT2D eigenvalue weighted by Gasteiger charge is -2.13. The Morgan fingerprint density at radius 3 is 2.52 bits per heavy atom. The van der Waals surface area contributed by atoms with Crippen molar-refractivity contribution in [1.29, 1.82) is 0 Å². The van der Waals surface area contributed by atoms with Crippen LogP contribution in [0.1, 0.15) is 30.5 Å². The zero-order chi connectivity index (χ0) is 15.4. The smallest absolute Gasteiger partial charge is 0.146 e. The minimum Gasteiger partial charge on any atom is -0.456 e. The summed E-state index contributed by atoms with van der Waals surface area (Å²) in [7, 11) is 0. The molecule has 0 atom stereocenters. The average molecular weight is 304 g/mol. The third kappa shape index (κ3) is 4.23. The van der Waals surface area contributed by atoms with E-state index in [0.29, 0.717) is 16.8 Å². The standard InChI is InChI=1S/C18H22ClNO/c1-12(2)20-11-15-8-9-18(16(19)10-15)21-17-7-5-6-13(3)14(17)4/h5-10,12,20H,11H2,1-4H3. The van der Waals surface area contributed by atoms with Gasteiger partial charge in [0.2, 0.25) is 0 Å². The van der Waals surface area contributed by atoms with Crippen LogP contribution >= 0.6 is 11.6 Å². The first-order valence-electron chi connectivity index (χ1n) is 7.23. The summed E-state index contributed by atoms with van der Waals surface area (Å²) in [5.74, 6) is 1.55. The van der Waals surface area contributed by atoms with Crippen LogP contribution in [0.5, 0.6) is 11.5 Å². The number of aryl methyl sites for hydroxylation is 1. The number of nitrogens with one attached hydrogen (secondary N) is 1. The van der Waals surface area contributed by atoms with Crippen molar-refractivity contribution in [3.8, 4) is 11.5 Å². The Hall–Kier alpha value is -1.51. The molecule has 1 N–H and O–H groups in total. The third-order valence-corrected chi connectivity index (χ3v) is 3.78. The van der Waals surface area contributed by atoms with Crippen LogP contribution in [-0.4, -0.2) is 6.04 Å². The summed E-state index contributed by atoms with van der Waals surface area (Å²) >= 11 is 6.33. The summed E-state index contributed by atoms with van der Waals surface area (Å²) in [5, 5.41) is 4.01. The summed E-state index contributed by atoms with van der Waals surface area (Å²) in [6.07, 6.45) is 0. The van der Waals surface area contributed by atoms with Crippen LogP contribution in [0, 0.1) is 13.8 Å². The number of hydrogen-bond donors (Lipinski definition) is 1. The fourth-order valence-corrected chi connectivity index (χ4v) is 2.25. The summed E-state index contributed by atoms with van der Waals surface area (Å²) in [6, 6.07) is 12.4. The van der Waals surface area contributed by atoms with E-state index >= 15 is 0 Å². The van der Waals surface area contributed by atoms with Gasteiger partial charge in [-0.1, -0.05) is 43.6 Å². The molecule has 0 bridgehead atoms. The van der Waals surface area contributed by atoms with E-state index in [1.807, 2.05) is 30.3 Å². The molecule has 0 heterocycles. The molecule has 0 saturated heterocycles. The molecule has 0 saturated carbocycles. The van der Waals surface area contributed by atoms with Gasteiger partial charge in [0.1, 0.15) is 11.5 Å². The van der Waals surface area contributed by atoms with Crippen molar-refractivity contribution in [2.75, 3.05) is 0 Å². The molecule has 0 aromatic heterocycles. The molecular weight excluding hydrogens is 282 g/mol. The third-order valence-electron chi connectivity index (χ3n) is 3.49. The Labute approximate surface area is 132 Å². The number of rotatable bonds is 5. The lowest BCUT2D eigenvalue weighted by Crippen LogP contribution is -2.21. The zero-order valence-electron chi connectivity index (χ0n) is 13.0. The average Bonchev–Trinajstić information content (AvgIpc) is 2.44. The molecule has 21 heavy (non-hydrogen) atoms. The van der Waals surface area contributed by atoms with Gasteiger partial charge in [0, 0.05) is 12.6 Å². The highest BCUT2D eigenvalue weighted by Crippen LogP contribution is 2.32. The molecular formula is C18H22ClNO. The second kappa shape index (κ2) is 6.97. The maximum atomic E-state index is 6.33. The van der Waals surface area contributed by atoms with Crippen LogP contribution in [0.25, 0.3) is 0 Å². The molecule has 0 radical (unpaired) electrons. The van der Waals surface area contributed by atoms with E-state index in [-0.39, 0.29) is 0 Å². The van der Waals surface area contributed by atoms with Gasteiger partial charge >= 0.3 is 0 Å². The molecule has 0 amide bonds. The highest BCUT2D eigenvalue weighted by Gasteiger charge is 2.08. The van der Waals surface area contributed by atoms with Gasteiger partial charge in [-0.2, -0.15) is 0 Å². The van der Waals surface area contributed by atoms with E-state index in [1.165, 1.54) is 5.56 Å². The Kier molecular flexibility index (Phi) is 5.27. The fraction of sp³-hybridized carbons (Fsp3) is 0.333. The normalized spacial score (nSPS) is 11.0. The van der Waals surface area contributed by atoms with E-state index in [1.54, 1.807) is 0 Å². The summed E-state index contributed by atoms with van der Waals surface area (Å²) in [4.78, 5) is 0. The van der Waals surface area contributed by atoms with Gasteiger partial charge in [0.05, 0.1) is 5.02 Å². The highest BCUT2D eigenvalue weighted by molar-refractivity contribution is 6.32. The molecule has 3 heteroatoms. The Morgan fingerprint density at radius 1 is 1.10 bits per heavy atom. The number of halogens is 1. The molecule has 0 aliphatic carbocycles. The lowest BCUT2D eigenvalue weighted by molar-refractivity contribution is 0.478. The Balaban J connectivity index is 2.16. The number of ether oxygens (including phenoxy) is 1. The first kappa shape index (κ1) is 15.9. The van der Waals surface area contributed by atoms with E-state index in [2.05, 4.69) is 39.1 Å². The molecule has 0 spiro atoms. The molecule has 0 aliphatic heterocycles. The van der Waals surface area contributed by atoms with Crippen LogP contribution in [0.3, 0.4) is 0 Å². The van der Waals surface area contributed by atoms with E-state index in [0.717, 1.165) is 23.4 Å². The quantitative estimate of drug-likeness (QED) is 0.815. The van der Waals surface area contributed by atoms with Gasteiger partial charge in [-0.25, -0.2) is 0 Å². The number of hydrogen-bond acceptors (Lipinski definition) is 2. The highest BCUT2D eigenvalue weighted by atomic mass is 35.5. The molecule has 112 valence electrons. The molecule has 0 fully saturated rings. The summed E-state index contributed by atoms with van der Waals surface area (Å²) < 4.78 is 5.95. The zero-order valence-corrected chi connectivity index (χ0v) is 13.8. The van der Waals surface area contributed by atoms with E-state index < -0.39 is 0 Å². The molecule has 0 unspecified atom stereocenters. The van der Waals surface area contributed by atoms with Crippen molar-refractivity contribution in [1.82, 2.24) is 5.32 Å². The largest absolute Gasteiger partial charge is 0.456 e. The Bertz CT molecular complexity index is 623. The van der Waals surface area contributed by atoms with Crippen LogP contribution < -0.4 is 10.1 Å². The summed E-state index contributed by atoms with van der Waals surface area (Å²) in [5.41, 5.74) is 3.50. The molecule has 2 aromatic carbocycles. The second-order valence-corrected chi connectivity index (χ2v) is 6.01. The van der Waals surface area contributed by atoms with Gasteiger partial charge in [-0.3, -0.25) is 0 Å². The first-order chi connectivity index (χ1) is 9.97. The SMILES string of the molecule is Cc1cccc(Oc2ccc(CNC(C)C)cc2Cl)c1C. The van der Waals surface area contributed by atoms with Crippen molar-refractivity contribution < 1.29 is 4.74 Å². The topological polar surface area (TPSA) is 21.3 Å². The monoisotopic (exact) mass is 303 g/mol. The predicted octanol–water partition coefficient (Wildman–Crippen LogP) is 5.25. The van der Waals surface area contributed by atoms with Crippen molar-refractivity contribution in [2.45, 2.75) is 40.3 Å².